The van der Waals surface area contributed by atoms with E-state index in [0.29, 0.717) is 35.7 Å². The lowest BCUT2D eigenvalue weighted by atomic mass is 10.2. The number of nitrogens with zero attached hydrogens (tertiary/aromatic N) is 1. The van der Waals surface area contributed by atoms with Crippen molar-refractivity contribution in [1.82, 2.24) is 0 Å². The molecule has 0 atom stereocenters. The third-order valence-electron chi connectivity index (χ3n) is 3.93. The van der Waals surface area contributed by atoms with Crippen LogP contribution in [0.25, 0.3) is 0 Å². The summed E-state index contributed by atoms with van der Waals surface area (Å²) in [5, 5.41) is 2.79. The standard InChI is InChI=1S/C19H18N2O4/c22-12-14-7-9-15(10-8-14)25-13-18(23)20-16-4-1-2-5-17(16)21-11-3-6-19(21)24/h1-2,4-5,7-10,12H,3,6,11,13H2,(H,20,23). The highest BCUT2D eigenvalue weighted by atomic mass is 16.5. The summed E-state index contributed by atoms with van der Waals surface area (Å²) in [5.41, 5.74) is 1.83. The summed E-state index contributed by atoms with van der Waals surface area (Å²) in [5.74, 6) is 0.246. The number of rotatable bonds is 6. The van der Waals surface area contributed by atoms with Crippen LogP contribution < -0.4 is 15.0 Å². The Labute approximate surface area is 145 Å². The fourth-order valence-corrected chi connectivity index (χ4v) is 2.70. The number of para-hydroxylation sites is 2. The van der Waals surface area contributed by atoms with Gasteiger partial charge in [-0.3, -0.25) is 14.4 Å². The van der Waals surface area contributed by atoms with E-state index in [1.54, 1.807) is 41.3 Å². The molecule has 2 aromatic rings. The lowest BCUT2D eigenvalue weighted by molar-refractivity contribution is -0.118. The highest BCUT2D eigenvalue weighted by Gasteiger charge is 2.24. The predicted octanol–water partition coefficient (Wildman–Crippen LogP) is 2.64. The lowest BCUT2D eigenvalue weighted by Gasteiger charge is -2.20. The lowest BCUT2D eigenvalue weighted by Crippen LogP contribution is -2.26. The SMILES string of the molecule is O=Cc1ccc(OCC(=O)Nc2ccccc2N2CCCC2=O)cc1. The van der Waals surface area contributed by atoms with Crippen LogP contribution in [-0.2, 0) is 9.59 Å². The normalized spacial score (nSPS) is 13.6. The molecule has 1 N–H and O–H groups in total. The Morgan fingerprint density at radius 3 is 2.60 bits per heavy atom. The van der Waals surface area contributed by atoms with Gasteiger partial charge in [0.1, 0.15) is 12.0 Å². The molecule has 1 saturated heterocycles. The van der Waals surface area contributed by atoms with E-state index in [-0.39, 0.29) is 18.4 Å². The number of carbonyl (C=O) groups excluding carboxylic acids is 3. The topological polar surface area (TPSA) is 75.7 Å². The van der Waals surface area contributed by atoms with E-state index >= 15 is 0 Å². The molecule has 0 bridgehead atoms. The van der Waals surface area contributed by atoms with Crippen LogP contribution in [0.4, 0.5) is 11.4 Å². The predicted molar refractivity (Wildman–Crippen MR) is 94.0 cm³/mol. The van der Waals surface area contributed by atoms with Crippen molar-refractivity contribution in [2.45, 2.75) is 12.8 Å². The molecule has 0 radical (unpaired) electrons. The minimum atomic E-state index is -0.321. The summed E-state index contributed by atoms with van der Waals surface area (Å²) >= 11 is 0. The van der Waals surface area contributed by atoms with Gasteiger partial charge in [-0.15, -0.1) is 0 Å². The Bertz CT molecular complexity index is 786. The molecule has 0 unspecified atom stereocenters. The zero-order valence-corrected chi connectivity index (χ0v) is 13.6. The molecule has 128 valence electrons. The van der Waals surface area contributed by atoms with Crippen molar-refractivity contribution in [1.29, 1.82) is 0 Å². The zero-order valence-electron chi connectivity index (χ0n) is 13.6. The van der Waals surface area contributed by atoms with E-state index < -0.39 is 0 Å². The van der Waals surface area contributed by atoms with Crippen LogP contribution in [0.15, 0.2) is 48.5 Å². The maximum Gasteiger partial charge on any atom is 0.262 e. The molecule has 25 heavy (non-hydrogen) atoms. The number of aldehydes is 1. The Morgan fingerprint density at radius 1 is 1.16 bits per heavy atom. The molecule has 0 spiro atoms. The first-order chi connectivity index (χ1) is 12.2. The largest absolute Gasteiger partial charge is 0.484 e. The number of benzene rings is 2. The third-order valence-corrected chi connectivity index (χ3v) is 3.93. The summed E-state index contributed by atoms with van der Waals surface area (Å²) in [6.07, 6.45) is 2.09. The fraction of sp³-hybridized carbons (Fsp3) is 0.211. The molecule has 1 fully saturated rings. The van der Waals surface area contributed by atoms with Crippen molar-refractivity contribution in [3.8, 4) is 5.75 Å². The molecule has 6 nitrogen and oxygen atoms in total. The monoisotopic (exact) mass is 338 g/mol. The summed E-state index contributed by atoms with van der Waals surface area (Å²) < 4.78 is 5.42. The van der Waals surface area contributed by atoms with Gasteiger partial charge >= 0.3 is 0 Å². The Balaban J connectivity index is 1.62. The van der Waals surface area contributed by atoms with Gasteiger partial charge in [0.15, 0.2) is 6.61 Å². The van der Waals surface area contributed by atoms with Crippen molar-refractivity contribution in [3.63, 3.8) is 0 Å². The van der Waals surface area contributed by atoms with Crippen molar-refractivity contribution >= 4 is 29.5 Å². The quantitative estimate of drug-likeness (QED) is 0.822. The summed E-state index contributed by atoms with van der Waals surface area (Å²) in [6.45, 7) is 0.494. The molecular formula is C19H18N2O4. The maximum absolute atomic E-state index is 12.2. The van der Waals surface area contributed by atoms with Crippen LogP contribution in [0, 0.1) is 0 Å². The first-order valence-corrected chi connectivity index (χ1v) is 8.04. The maximum atomic E-state index is 12.2. The van der Waals surface area contributed by atoms with Crippen LogP contribution in [-0.4, -0.2) is 31.3 Å². The molecule has 2 amide bonds. The van der Waals surface area contributed by atoms with E-state index in [0.717, 1.165) is 12.7 Å². The highest BCUT2D eigenvalue weighted by molar-refractivity contribution is 6.02. The van der Waals surface area contributed by atoms with Crippen LogP contribution in [0.3, 0.4) is 0 Å². The van der Waals surface area contributed by atoms with E-state index in [4.69, 9.17) is 4.74 Å². The number of amides is 2. The van der Waals surface area contributed by atoms with Gasteiger partial charge in [-0.2, -0.15) is 0 Å². The molecule has 1 aliphatic heterocycles. The van der Waals surface area contributed by atoms with Gasteiger partial charge in [0.2, 0.25) is 5.91 Å². The second-order valence-corrected chi connectivity index (χ2v) is 5.69. The Hall–Kier alpha value is -3.15. The molecule has 1 aliphatic rings. The van der Waals surface area contributed by atoms with Gasteiger partial charge in [0.25, 0.3) is 5.91 Å². The molecule has 0 aromatic heterocycles. The molecular weight excluding hydrogens is 320 g/mol. The van der Waals surface area contributed by atoms with E-state index in [1.807, 2.05) is 12.1 Å². The number of nitrogens with one attached hydrogen (secondary N) is 1. The number of ether oxygens (including phenoxy) is 1. The van der Waals surface area contributed by atoms with Gasteiger partial charge in [0.05, 0.1) is 11.4 Å². The molecule has 0 aliphatic carbocycles. The zero-order chi connectivity index (χ0) is 17.6. The van der Waals surface area contributed by atoms with Crippen LogP contribution >= 0.6 is 0 Å². The number of anilines is 2. The molecule has 3 rings (SSSR count). The Morgan fingerprint density at radius 2 is 1.92 bits per heavy atom. The van der Waals surface area contributed by atoms with Crippen LogP contribution in [0.2, 0.25) is 0 Å². The van der Waals surface area contributed by atoms with Crippen molar-refractivity contribution in [2.24, 2.45) is 0 Å². The van der Waals surface area contributed by atoms with Crippen LogP contribution in [0.1, 0.15) is 23.2 Å². The number of carbonyl (C=O) groups is 3. The summed E-state index contributed by atoms with van der Waals surface area (Å²) in [6, 6.07) is 13.7. The molecule has 1 heterocycles. The molecule has 2 aromatic carbocycles. The first-order valence-electron chi connectivity index (χ1n) is 8.04. The minimum Gasteiger partial charge on any atom is -0.484 e. The minimum absolute atomic E-state index is 0.0632. The van der Waals surface area contributed by atoms with E-state index in [2.05, 4.69) is 5.32 Å². The van der Waals surface area contributed by atoms with Gasteiger partial charge < -0.3 is 15.0 Å². The van der Waals surface area contributed by atoms with Gasteiger partial charge in [-0.1, -0.05) is 12.1 Å². The van der Waals surface area contributed by atoms with Crippen molar-refractivity contribution < 1.29 is 19.1 Å². The third kappa shape index (κ3) is 4.03. The van der Waals surface area contributed by atoms with Gasteiger partial charge in [-0.05, 0) is 42.8 Å². The Kier molecular flexibility index (Phi) is 5.09. The van der Waals surface area contributed by atoms with E-state index in [9.17, 15) is 14.4 Å². The number of hydrogen-bond donors (Lipinski definition) is 1. The van der Waals surface area contributed by atoms with Crippen molar-refractivity contribution in [2.75, 3.05) is 23.4 Å². The van der Waals surface area contributed by atoms with E-state index in [1.165, 1.54) is 0 Å². The number of hydrogen-bond acceptors (Lipinski definition) is 4. The second-order valence-electron chi connectivity index (χ2n) is 5.69. The average molecular weight is 338 g/mol. The summed E-state index contributed by atoms with van der Waals surface area (Å²) in [4.78, 5) is 36.4. The molecule has 0 saturated carbocycles. The highest BCUT2D eigenvalue weighted by Crippen LogP contribution is 2.29. The molecule has 6 heteroatoms. The summed E-state index contributed by atoms with van der Waals surface area (Å²) in [7, 11) is 0. The van der Waals surface area contributed by atoms with Gasteiger partial charge in [0, 0.05) is 18.5 Å². The van der Waals surface area contributed by atoms with Crippen molar-refractivity contribution in [3.05, 3.63) is 54.1 Å². The van der Waals surface area contributed by atoms with Crippen LogP contribution in [0.5, 0.6) is 5.75 Å². The second kappa shape index (κ2) is 7.61. The fourth-order valence-electron chi connectivity index (χ4n) is 2.70. The average Bonchev–Trinajstić information content (AvgIpc) is 3.07. The smallest absolute Gasteiger partial charge is 0.262 e. The first kappa shape index (κ1) is 16.7. The van der Waals surface area contributed by atoms with Gasteiger partial charge in [-0.25, -0.2) is 0 Å².